The zero-order chi connectivity index (χ0) is 19.0. The Hall–Kier alpha value is -2.65. The number of hydrogen-bond acceptors (Lipinski definition) is 7. The SMILES string of the molecule is COC1CCCN(c2ncnc3c(S(=O)(=O)c4ccccc4)c(N)[nH]c23)C1. The van der Waals surface area contributed by atoms with Crippen molar-refractivity contribution in [2.75, 3.05) is 30.8 Å². The number of methoxy groups -OCH3 is 1. The van der Waals surface area contributed by atoms with Crippen LogP contribution in [0.3, 0.4) is 0 Å². The molecular formula is C18H21N5O3S. The number of benzene rings is 1. The van der Waals surface area contributed by atoms with Crippen molar-refractivity contribution in [3.8, 4) is 0 Å². The minimum absolute atomic E-state index is 0.00680. The quantitative estimate of drug-likeness (QED) is 0.703. The van der Waals surface area contributed by atoms with Crippen LogP contribution in [0, 0.1) is 0 Å². The fourth-order valence-electron chi connectivity index (χ4n) is 3.53. The average molecular weight is 387 g/mol. The number of sulfone groups is 1. The molecular weight excluding hydrogens is 366 g/mol. The maximum atomic E-state index is 13.1. The van der Waals surface area contributed by atoms with Gasteiger partial charge in [-0.15, -0.1) is 0 Å². The summed E-state index contributed by atoms with van der Waals surface area (Å²) in [7, 11) is -2.11. The third-order valence-electron chi connectivity index (χ3n) is 4.88. The molecule has 1 saturated heterocycles. The topological polar surface area (TPSA) is 114 Å². The molecule has 0 spiro atoms. The molecule has 0 saturated carbocycles. The third kappa shape index (κ3) is 3.02. The van der Waals surface area contributed by atoms with Gasteiger partial charge in [-0.2, -0.15) is 0 Å². The highest BCUT2D eigenvalue weighted by Crippen LogP contribution is 2.35. The van der Waals surface area contributed by atoms with Gasteiger partial charge < -0.3 is 20.4 Å². The smallest absolute Gasteiger partial charge is 0.212 e. The fourth-order valence-corrected chi connectivity index (χ4v) is 5.04. The first-order chi connectivity index (χ1) is 13.0. The zero-order valence-corrected chi connectivity index (χ0v) is 15.7. The fraction of sp³-hybridized carbons (Fsp3) is 0.333. The second-order valence-corrected chi connectivity index (χ2v) is 8.44. The van der Waals surface area contributed by atoms with Crippen molar-refractivity contribution in [1.29, 1.82) is 0 Å². The number of ether oxygens (including phenoxy) is 1. The number of nitrogen functional groups attached to an aromatic ring is 1. The van der Waals surface area contributed by atoms with Crippen LogP contribution >= 0.6 is 0 Å². The molecule has 2 aromatic heterocycles. The van der Waals surface area contributed by atoms with E-state index in [1.165, 1.54) is 6.33 Å². The minimum atomic E-state index is -3.81. The van der Waals surface area contributed by atoms with Crippen molar-refractivity contribution in [1.82, 2.24) is 15.0 Å². The molecule has 142 valence electrons. The van der Waals surface area contributed by atoms with E-state index < -0.39 is 9.84 Å². The van der Waals surface area contributed by atoms with Crippen LogP contribution < -0.4 is 10.6 Å². The van der Waals surface area contributed by atoms with Crippen LogP contribution in [-0.4, -0.2) is 49.7 Å². The second-order valence-electron chi connectivity index (χ2n) is 6.55. The number of nitrogens with zero attached hydrogens (tertiary/aromatic N) is 3. The van der Waals surface area contributed by atoms with Crippen molar-refractivity contribution in [2.24, 2.45) is 0 Å². The summed E-state index contributed by atoms with van der Waals surface area (Å²) in [5.74, 6) is 0.707. The molecule has 3 heterocycles. The molecule has 1 aliphatic heterocycles. The summed E-state index contributed by atoms with van der Waals surface area (Å²) in [6, 6.07) is 8.21. The van der Waals surface area contributed by atoms with Crippen molar-refractivity contribution in [3.63, 3.8) is 0 Å². The van der Waals surface area contributed by atoms with Crippen LogP contribution in [-0.2, 0) is 14.6 Å². The van der Waals surface area contributed by atoms with E-state index in [9.17, 15) is 8.42 Å². The molecule has 4 rings (SSSR count). The number of piperidine rings is 1. The highest BCUT2D eigenvalue weighted by Gasteiger charge is 2.29. The van der Waals surface area contributed by atoms with Crippen LogP contribution in [0.15, 0.2) is 46.5 Å². The van der Waals surface area contributed by atoms with Gasteiger partial charge in [-0.05, 0) is 25.0 Å². The zero-order valence-electron chi connectivity index (χ0n) is 14.9. The molecule has 1 aliphatic rings. The minimum Gasteiger partial charge on any atom is -0.384 e. The van der Waals surface area contributed by atoms with Crippen molar-refractivity contribution in [3.05, 3.63) is 36.7 Å². The average Bonchev–Trinajstić information content (AvgIpc) is 3.05. The van der Waals surface area contributed by atoms with Crippen molar-refractivity contribution < 1.29 is 13.2 Å². The van der Waals surface area contributed by atoms with Gasteiger partial charge in [0.15, 0.2) is 5.82 Å². The van der Waals surface area contributed by atoms with E-state index in [1.54, 1.807) is 37.4 Å². The first-order valence-corrected chi connectivity index (χ1v) is 10.2. The largest absolute Gasteiger partial charge is 0.384 e. The van der Waals surface area contributed by atoms with Gasteiger partial charge in [-0.3, -0.25) is 0 Å². The molecule has 0 amide bonds. The summed E-state index contributed by atoms with van der Waals surface area (Å²) in [4.78, 5) is 13.9. The number of nitrogens with one attached hydrogen (secondary N) is 1. The predicted molar refractivity (Wildman–Crippen MR) is 102 cm³/mol. The van der Waals surface area contributed by atoms with E-state index >= 15 is 0 Å². The van der Waals surface area contributed by atoms with E-state index in [1.807, 2.05) is 0 Å². The van der Waals surface area contributed by atoms with Crippen LogP contribution in [0.5, 0.6) is 0 Å². The molecule has 3 aromatic rings. The molecule has 9 heteroatoms. The van der Waals surface area contributed by atoms with Gasteiger partial charge in [-0.25, -0.2) is 18.4 Å². The van der Waals surface area contributed by atoms with Crippen LogP contribution in [0.1, 0.15) is 12.8 Å². The lowest BCUT2D eigenvalue weighted by molar-refractivity contribution is 0.0892. The molecule has 0 aliphatic carbocycles. The standard InChI is InChI=1S/C18H21N5O3S/c1-26-12-6-5-9-23(10-12)18-15-14(20-11-21-18)16(17(19)22-15)27(24,25)13-7-3-2-4-8-13/h2-4,7-8,11-12,22H,5-6,9-10,19H2,1H3. The lowest BCUT2D eigenvalue weighted by atomic mass is 10.1. The van der Waals surface area contributed by atoms with Gasteiger partial charge >= 0.3 is 0 Å². The maximum absolute atomic E-state index is 13.1. The van der Waals surface area contributed by atoms with Gasteiger partial charge in [-0.1, -0.05) is 18.2 Å². The van der Waals surface area contributed by atoms with Crippen LogP contribution in [0.4, 0.5) is 11.6 Å². The van der Waals surface area contributed by atoms with Gasteiger partial charge in [0.25, 0.3) is 0 Å². The van der Waals surface area contributed by atoms with E-state index in [-0.39, 0.29) is 21.7 Å². The van der Waals surface area contributed by atoms with Crippen LogP contribution in [0.2, 0.25) is 0 Å². The normalized spacial score (nSPS) is 18.1. The molecule has 0 bridgehead atoms. The molecule has 1 atom stereocenters. The number of aromatic nitrogens is 3. The van der Waals surface area contributed by atoms with E-state index in [0.717, 1.165) is 19.4 Å². The Morgan fingerprint density at radius 2 is 2.04 bits per heavy atom. The van der Waals surface area contributed by atoms with Crippen molar-refractivity contribution >= 4 is 32.5 Å². The van der Waals surface area contributed by atoms with E-state index in [4.69, 9.17) is 10.5 Å². The Bertz CT molecular complexity index is 1070. The Kier molecular flexibility index (Phi) is 4.48. The number of fused-ring (bicyclic) bond motifs is 1. The number of nitrogens with two attached hydrogens (primary N) is 1. The Balaban J connectivity index is 1.85. The monoisotopic (exact) mass is 387 g/mol. The highest BCUT2D eigenvalue weighted by molar-refractivity contribution is 7.92. The van der Waals surface area contributed by atoms with Crippen LogP contribution in [0.25, 0.3) is 11.0 Å². The van der Waals surface area contributed by atoms with Gasteiger partial charge in [0.05, 0.1) is 11.0 Å². The summed E-state index contributed by atoms with van der Waals surface area (Å²) in [5.41, 5.74) is 6.92. The van der Waals surface area contributed by atoms with Gasteiger partial charge in [0, 0.05) is 20.2 Å². The number of anilines is 2. The molecule has 0 radical (unpaired) electrons. The van der Waals surface area contributed by atoms with E-state index in [2.05, 4.69) is 19.9 Å². The first-order valence-electron chi connectivity index (χ1n) is 8.72. The predicted octanol–water partition coefficient (Wildman–Crippen LogP) is 1.99. The highest BCUT2D eigenvalue weighted by atomic mass is 32.2. The number of hydrogen-bond donors (Lipinski definition) is 2. The summed E-state index contributed by atoms with van der Waals surface area (Å²) in [5, 5.41) is 0. The molecule has 27 heavy (non-hydrogen) atoms. The lowest BCUT2D eigenvalue weighted by Gasteiger charge is -2.32. The molecule has 1 aromatic carbocycles. The van der Waals surface area contributed by atoms with Crippen molar-refractivity contribution in [2.45, 2.75) is 28.7 Å². The number of aromatic amines is 1. The summed E-state index contributed by atoms with van der Waals surface area (Å²) >= 11 is 0. The molecule has 3 N–H and O–H groups in total. The third-order valence-corrected chi connectivity index (χ3v) is 6.72. The summed E-state index contributed by atoms with van der Waals surface area (Å²) in [6.45, 7) is 1.49. The molecule has 8 nitrogen and oxygen atoms in total. The van der Waals surface area contributed by atoms with Gasteiger partial charge in [0.1, 0.15) is 28.1 Å². The summed E-state index contributed by atoms with van der Waals surface area (Å²) in [6.07, 6.45) is 3.45. The molecule has 1 unspecified atom stereocenters. The molecule has 1 fully saturated rings. The summed E-state index contributed by atoms with van der Waals surface area (Å²) < 4.78 is 31.7. The Labute approximate surface area is 157 Å². The Morgan fingerprint density at radius 3 is 2.78 bits per heavy atom. The maximum Gasteiger partial charge on any atom is 0.212 e. The second kappa shape index (κ2) is 6.82. The van der Waals surface area contributed by atoms with Gasteiger partial charge in [0.2, 0.25) is 9.84 Å². The number of H-pyrrole nitrogens is 1. The lowest BCUT2D eigenvalue weighted by Crippen LogP contribution is -2.39. The van der Waals surface area contributed by atoms with E-state index in [0.29, 0.717) is 23.4 Å². The first kappa shape index (κ1) is 17.7. The Morgan fingerprint density at radius 1 is 1.26 bits per heavy atom. The number of rotatable bonds is 4.